The van der Waals surface area contributed by atoms with Crippen molar-refractivity contribution in [2.75, 3.05) is 0 Å². The van der Waals surface area contributed by atoms with Gasteiger partial charge in [0.1, 0.15) is 5.69 Å². The Kier molecular flexibility index (Phi) is 3.15. The molecular formula is C11H15N5O2S. The molecule has 0 unspecified atom stereocenters. The predicted octanol–water partition coefficient (Wildman–Crippen LogP) is 0.742. The fourth-order valence-corrected chi connectivity index (χ4v) is 2.49. The highest BCUT2D eigenvalue weighted by atomic mass is 32.2. The third-order valence-corrected chi connectivity index (χ3v) is 3.23. The highest BCUT2D eigenvalue weighted by molar-refractivity contribution is 7.89. The van der Waals surface area contributed by atoms with E-state index in [9.17, 15) is 8.42 Å². The first-order chi connectivity index (χ1) is 8.71. The van der Waals surface area contributed by atoms with Crippen LogP contribution in [0.3, 0.4) is 0 Å². The number of sulfonamides is 1. The number of pyridine rings is 1. The van der Waals surface area contributed by atoms with Crippen molar-refractivity contribution in [3.63, 3.8) is 0 Å². The van der Waals surface area contributed by atoms with Gasteiger partial charge < -0.3 is 0 Å². The molecule has 0 spiro atoms. The molecule has 0 aliphatic carbocycles. The summed E-state index contributed by atoms with van der Waals surface area (Å²) in [5, 5.41) is 12.5. The zero-order chi connectivity index (χ0) is 14.3. The van der Waals surface area contributed by atoms with Crippen LogP contribution in [-0.2, 0) is 15.6 Å². The second-order valence-electron chi connectivity index (χ2n) is 5.07. The summed E-state index contributed by atoms with van der Waals surface area (Å²) < 4.78 is 24.6. The number of hydrogen-bond acceptors (Lipinski definition) is 5. The maximum Gasteiger partial charge on any atom is 0.273 e. The normalized spacial score (nSPS) is 12.6. The van der Waals surface area contributed by atoms with Crippen LogP contribution in [0.25, 0.3) is 11.5 Å². The Bertz CT molecular complexity index is 686. The highest BCUT2D eigenvalue weighted by Gasteiger charge is 2.29. The zero-order valence-corrected chi connectivity index (χ0v) is 11.7. The lowest BCUT2D eigenvalue weighted by Gasteiger charge is -2.23. The van der Waals surface area contributed by atoms with E-state index in [0.29, 0.717) is 11.5 Å². The number of nitrogens with two attached hydrogens (primary N) is 1. The molecule has 2 heterocycles. The van der Waals surface area contributed by atoms with Gasteiger partial charge in [0.15, 0.2) is 5.82 Å². The van der Waals surface area contributed by atoms with Crippen LogP contribution in [-0.4, -0.2) is 28.2 Å². The fourth-order valence-electron chi connectivity index (χ4n) is 1.72. The minimum atomic E-state index is -3.94. The smallest absolute Gasteiger partial charge is 0.273 e. The van der Waals surface area contributed by atoms with Crippen molar-refractivity contribution in [1.29, 1.82) is 0 Å². The molecule has 2 N–H and O–H groups in total. The van der Waals surface area contributed by atoms with E-state index < -0.39 is 15.6 Å². The Morgan fingerprint density at radius 1 is 1.21 bits per heavy atom. The molecule has 0 saturated heterocycles. The van der Waals surface area contributed by atoms with Gasteiger partial charge in [0.25, 0.3) is 15.2 Å². The monoisotopic (exact) mass is 281 g/mol. The van der Waals surface area contributed by atoms with Crippen molar-refractivity contribution in [3.8, 4) is 11.5 Å². The fraction of sp³-hybridized carbons (Fsp3) is 0.364. The molecule has 2 rings (SSSR count). The lowest BCUT2D eigenvalue weighted by Crippen LogP contribution is -2.29. The second-order valence-corrected chi connectivity index (χ2v) is 6.53. The third kappa shape index (κ3) is 2.64. The Labute approximate surface area is 111 Å². The van der Waals surface area contributed by atoms with Gasteiger partial charge in [0.05, 0.1) is 0 Å². The molecule has 0 amide bonds. The molecule has 0 aliphatic heterocycles. The molecule has 0 radical (unpaired) electrons. The maximum absolute atomic E-state index is 11.6. The molecule has 0 fully saturated rings. The summed E-state index contributed by atoms with van der Waals surface area (Å²) in [5.74, 6) is 0.372. The second kappa shape index (κ2) is 4.39. The number of rotatable bonds is 2. The maximum atomic E-state index is 11.6. The molecule has 0 aromatic carbocycles. The van der Waals surface area contributed by atoms with E-state index in [0.717, 1.165) is 0 Å². The minimum absolute atomic E-state index is 0.263. The number of primary sulfonamides is 1. The lowest BCUT2D eigenvalue weighted by molar-refractivity contribution is 0.365. The Balaban J connectivity index is 2.75. The average molecular weight is 281 g/mol. The van der Waals surface area contributed by atoms with Gasteiger partial charge in [-0.15, -0.1) is 10.2 Å². The van der Waals surface area contributed by atoms with Gasteiger partial charge in [-0.2, -0.15) is 0 Å². The van der Waals surface area contributed by atoms with Crippen LogP contribution in [0, 0.1) is 0 Å². The lowest BCUT2D eigenvalue weighted by atomic mass is 10.1. The summed E-state index contributed by atoms with van der Waals surface area (Å²) >= 11 is 0. The van der Waals surface area contributed by atoms with E-state index >= 15 is 0 Å². The molecule has 0 bridgehead atoms. The molecule has 7 nitrogen and oxygen atoms in total. The third-order valence-electron chi connectivity index (χ3n) is 2.45. The van der Waals surface area contributed by atoms with Crippen LogP contribution < -0.4 is 5.14 Å². The van der Waals surface area contributed by atoms with Gasteiger partial charge in [-0.3, -0.25) is 9.55 Å². The molecule has 8 heteroatoms. The zero-order valence-electron chi connectivity index (χ0n) is 10.9. The van der Waals surface area contributed by atoms with Crippen LogP contribution in [0.15, 0.2) is 29.6 Å². The Hall–Kier alpha value is -1.80. The van der Waals surface area contributed by atoms with Gasteiger partial charge in [0, 0.05) is 11.7 Å². The van der Waals surface area contributed by atoms with E-state index in [-0.39, 0.29) is 5.16 Å². The van der Waals surface area contributed by atoms with Gasteiger partial charge in [-0.1, -0.05) is 6.07 Å². The van der Waals surface area contributed by atoms with Gasteiger partial charge in [0.2, 0.25) is 0 Å². The SMILES string of the molecule is CC(C)(C)n1c(-c2ccccn2)nnc1S(N)(=O)=O. The van der Waals surface area contributed by atoms with E-state index in [1.165, 1.54) is 4.57 Å². The molecule has 102 valence electrons. The van der Waals surface area contributed by atoms with Crippen molar-refractivity contribution < 1.29 is 8.42 Å². The molecule has 0 atom stereocenters. The number of hydrogen-bond donors (Lipinski definition) is 1. The molecule has 0 aliphatic rings. The minimum Gasteiger partial charge on any atom is -0.290 e. The van der Waals surface area contributed by atoms with Crippen molar-refractivity contribution in [2.45, 2.75) is 31.5 Å². The van der Waals surface area contributed by atoms with E-state index in [4.69, 9.17) is 5.14 Å². The standard InChI is InChI=1S/C11H15N5O2S/c1-11(2,3)16-9(8-6-4-5-7-13-8)14-15-10(16)19(12,17)18/h4-7H,1-3H3,(H2,12,17,18). The average Bonchev–Trinajstić information content (AvgIpc) is 2.74. The Morgan fingerprint density at radius 2 is 1.89 bits per heavy atom. The summed E-state index contributed by atoms with van der Waals surface area (Å²) in [6, 6.07) is 5.29. The summed E-state index contributed by atoms with van der Waals surface area (Å²) in [6.45, 7) is 5.53. The molecule has 19 heavy (non-hydrogen) atoms. The van der Waals surface area contributed by atoms with Crippen molar-refractivity contribution >= 4 is 10.0 Å². The molecule has 0 saturated carbocycles. The van der Waals surface area contributed by atoms with Gasteiger partial charge >= 0.3 is 0 Å². The van der Waals surface area contributed by atoms with Gasteiger partial charge in [-0.05, 0) is 32.9 Å². The predicted molar refractivity (Wildman–Crippen MR) is 69.6 cm³/mol. The Morgan fingerprint density at radius 3 is 2.37 bits per heavy atom. The number of aromatic nitrogens is 4. The first kappa shape index (κ1) is 13.6. The summed E-state index contributed by atoms with van der Waals surface area (Å²) in [4.78, 5) is 4.16. The van der Waals surface area contributed by atoms with Crippen molar-refractivity contribution in [3.05, 3.63) is 24.4 Å². The van der Waals surface area contributed by atoms with Crippen LogP contribution in [0.2, 0.25) is 0 Å². The number of nitrogens with zero attached hydrogens (tertiary/aromatic N) is 4. The quantitative estimate of drug-likeness (QED) is 0.874. The summed E-state index contributed by atoms with van der Waals surface area (Å²) in [7, 11) is -3.94. The van der Waals surface area contributed by atoms with Crippen LogP contribution in [0.1, 0.15) is 20.8 Å². The largest absolute Gasteiger partial charge is 0.290 e. The van der Waals surface area contributed by atoms with E-state index in [1.54, 1.807) is 24.4 Å². The van der Waals surface area contributed by atoms with E-state index in [1.807, 2.05) is 20.8 Å². The van der Waals surface area contributed by atoms with Crippen LogP contribution >= 0.6 is 0 Å². The topological polar surface area (TPSA) is 104 Å². The van der Waals surface area contributed by atoms with E-state index in [2.05, 4.69) is 15.2 Å². The van der Waals surface area contributed by atoms with Crippen LogP contribution in [0.5, 0.6) is 0 Å². The first-order valence-corrected chi connectivity index (χ1v) is 7.16. The molecule has 2 aromatic rings. The molecular weight excluding hydrogens is 266 g/mol. The molecule has 2 aromatic heterocycles. The van der Waals surface area contributed by atoms with Crippen LogP contribution in [0.4, 0.5) is 0 Å². The van der Waals surface area contributed by atoms with Crippen molar-refractivity contribution in [2.24, 2.45) is 5.14 Å². The first-order valence-electron chi connectivity index (χ1n) is 5.61. The summed E-state index contributed by atoms with van der Waals surface area (Å²) in [6.07, 6.45) is 1.60. The van der Waals surface area contributed by atoms with Gasteiger partial charge in [-0.25, -0.2) is 13.6 Å². The highest BCUT2D eigenvalue weighted by Crippen LogP contribution is 2.26. The van der Waals surface area contributed by atoms with Crippen molar-refractivity contribution in [1.82, 2.24) is 19.7 Å². The summed E-state index contributed by atoms with van der Waals surface area (Å²) in [5.41, 5.74) is -0.00202.